The number of fused-ring (bicyclic) bond motifs is 2. The quantitative estimate of drug-likeness (QED) is 0.0289. The SMILES string of the molecule is C=CCCOC(=O)N(CCC)C1CC(=NOCc2ccc([N+](=O)[O-])cc2)C2=CC(CCCCO)C(CCCCO)C3c4cc(Oc5ccc(SC)cc5)ccc4OC1(OCC=C)C23. The number of aliphatic hydroxyl groups excluding tert-OH is 2. The normalized spacial score (nSPS) is 22.8. The number of benzene rings is 3. The standard InChI is InChI=1S/C49H61N3O10S/c1-5-8-29-58-48(55)51(25-6-2)45-32-43(50-60-33-34-15-17-36(18-16-34)52(56)57)41-30-35(13-9-11-26-53)40(14-10-12-27-54)46-42-31-38(61-37-19-22-39(63-4)23-20-37)21-24-44(42)62-49(45,47(41)46)59-28-7-3/h5,7,15-24,30-31,35,40,45-47,53-54H,1,3,6,8-14,25-29,32-33H2,2,4H3. The molecule has 1 aliphatic heterocycles. The maximum absolute atomic E-state index is 14.3. The molecule has 1 saturated carbocycles. The Bertz CT molecular complexity index is 2080. The van der Waals surface area contributed by atoms with E-state index in [4.69, 9.17) is 28.9 Å². The number of nitro benzene ring substituents is 1. The molecule has 3 aromatic carbocycles. The Hall–Kier alpha value is -5.15. The number of non-ortho nitro benzene ring substituents is 1. The second-order valence-corrected chi connectivity index (χ2v) is 17.0. The Morgan fingerprint density at radius 3 is 2.41 bits per heavy atom. The van der Waals surface area contributed by atoms with E-state index in [0.29, 0.717) is 60.8 Å². The number of nitrogens with zero attached hydrogens (tertiary/aromatic N) is 3. The third kappa shape index (κ3) is 11.2. The molecule has 0 aromatic heterocycles. The van der Waals surface area contributed by atoms with Crippen LogP contribution in [0, 0.1) is 27.9 Å². The highest BCUT2D eigenvalue weighted by Gasteiger charge is 2.65. The van der Waals surface area contributed by atoms with Gasteiger partial charge in [0.25, 0.3) is 5.69 Å². The molecule has 2 aliphatic carbocycles. The zero-order chi connectivity index (χ0) is 44.8. The number of aliphatic hydroxyl groups is 2. The van der Waals surface area contributed by atoms with E-state index < -0.39 is 28.8 Å². The molecule has 1 fully saturated rings. The van der Waals surface area contributed by atoms with Crippen molar-refractivity contribution in [3.63, 3.8) is 0 Å². The number of allylic oxidation sites excluding steroid dienone is 1. The zero-order valence-electron chi connectivity index (χ0n) is 36.4. The van der Waals surface area contributed by atoms with Crippen LogP contribution in [0.3, 0.4) is 0 Å². The molecular formula is C49H61N3O10S. The van der Waals surface area contributed by atoms with Gasteiger partial charge in [-0.15, -0.1) is 24.9 Å². The van der Waals surface area contributed by atoms with Crippen molar-refractivity contribution < 1.29 is 43.7 Å². The molecule has 13 nitrogen and oxygen atoms in total. The number of rotatable bonds is 24. The van der Waals surface area contributed by atoms with Crippen molar-refractivity contribution in [2.45, 2.75) is 94.0 Å². The Kier molecular flexibility index (Phi) is 17.3. The highest BCUT2D eigenvalue weighted by molar-refractivity contribution is 7.98. The predicted molar refractivity (Wildman–Crippen MR) is 244 cm³/mol. The second kappa shape index (κ2) is 23.0. The van der Waals surface area contributed by atoms with Gasteiger partial charge in [0.1, 0.15) is 29.9 Å². The van der Waals surface area contributed by atoms with Crippen molar-refractivity contribution in [3.8, 4) is 17.2 Å². The van der Waals surface area contributed by atoms with Crippen LogP contribution in [0.15, 0.2) is 114 Å². The molecule has 1 amide bonds. The van der Waals surface area contributed by atoms with E-state index in [2.05, 4.69) is 25.3 Å². The molecule has 0 bridgehead atoms. The monoisotopic (exact) mass is 883 g/mol. The van der Waals surface area contributed by atoms with Gasteiger partial charge in [-0.2, -0.15) is 0 Å². The van der Waals surface area contributed by atoms with E-state index >= 15 is 0 Å². The number of carbonyl (C=O) groups is 1. The average Bonchev–Trinajstić information content (AvgIpc) is 3.29. The van der Waals surface area contributed by atoms with E-state index in [-0.39, 0.29) is 62.9 Å². The van der Waals surface area contributed by atoms with Gasteiger partial charge in [0.2, 0.25) is 5.79 Å². The van der Waals surface area contributed by atoms with Gasteiger partial charge < -0.3 is 34.0 Å². The lowest BCUT2D eigenvalue weighted by molar-refractivity contribution is -0.384. The lowest BCUT2D eigenvalue weighted by Crippen LogP contribution is -2.70. The highest BCUT2D eigenvalue weighted by Crippen LogP contribution is 2.62. The first-order chi connectivity index (χ1) is 30.7. The summed E-state index contributed by atoms with van der Waals surface area (Å²) in [4.78, 5) is 34.2. The van der Waals surface area contributed by atoms with Gasteiger partial charge in [0.05, 0.1) is 29.8 Å². The summed E-state index contributed by atoms with van der Waals surface area (Å²) in [5.74, 6) is -0.202. The molecular weight excluding hydrogens is 823 g/mol. The van der Waals surface area contributed by atoms with Crippen molar-refractivity contribution in [1.29, 1.82) is 0 Å². The fourth-order valence-electron chi connectivity index (χ4n) is 9.32. The van der Waals surface area contributed by atoms with Crippen LogP contribution < -0.4 is 9.47 Å². The van der Waals surface area contributed by atoms with E-state index in [1.165, 1.54) is 12.1 Å². The van der Waals surface area contributed by atoms with Crippen LogP contribution in [0.4, 0.5) is 10.5 Å². The fraction of sp³-hybridized carbons (Fsp3) is 0.469. The van der Waals surface area contributed by atoms with Gasteiger partial charge in [-0.25, -0.2) is 4.79 Å². The fourth-order valence-corrected chi connectivity index (χ4v) is 9.73. The van der Waals surface area contributed by atoms with Gasteiger partial charge in [0, 0.05) is 54.7 Å². The number of unbranched alkanes of at least 4 members (excludes halogenated alkanes) is 2. The number of oxime groups is 1. The molecule has 0 spiro atoms. The molecule has 1 heterocycles. The molecule has 0 radical (unpaired) electrons. The molecule has 2 N–H and O–H groups in total. The smallest absolute Gasteiger partial charge is 0.410 e. The number of hydrogen-bond donors (Lipinski definition) is 2. The molecule has 14 heteroatoms. The summed E-state index contributed by atoms with van der Waals surface area (Å²) in [6.45, 7) is 10.6. The molecule has 63 heavy (non-hydrogen) atoms. The minimum atomic E-state index is -1.44. The molecule has 338 valence electrons. The Morgan fingerprint density at radius 1 is 1.02 bits per heavy atom. The van der Waals surface area contributed by atoms with Crippen molar-refractivity contribution in [2.75, 3.05) is 39.2 Å². The van der Waals surface area contributed by atoms with Crippen LogP contribution in [-0.4, -0.2) is 82.9 Å². The zero-order valence-corrected chi connectivity index (χ0v) is 37.2. The summed E-state index contributed by atoms with van der Waals surface area (Å²) in [5.41, 5.74) is 3.13. The number of ether oxygens (including phenoxy) is 4. The number of thioether (sulfide) groups is 1. The van der Waals surface area contributed by atoms with Crippen LogP contribution in [-0.2, 0) is 20.9 Å². The summed E-state index contributed by atoms with van der Waals surface area (Å²) in [6.07, 6.45) is 12.9. The van der Waals surface area contributed by atoms with Crippen LogP contribution in [0.5, 0.6) is 17.2 Å². The summed E-state index contributed by atoms with van der Waals surface area (Å²) >= 11 is 1.66. The molecule has 6 atom stereocenters. The topological polar surface area (TPSA) is 162 Å². The van der Waals surface area contributed by atoms with Crippen molar-refractivity contribution in [3.05, 3.63) is 125 Å². The summed E-state index contributed by atoms with van der Waals surface area (Å²) in [7, 11) is 0. The van der Waals surface area contributed by atoms with E-state index in [9.17, 15) is 25.1 Å². The first kappa shape index (κ1) is 47.3. The summed E-state index contributed by atoms with van der Waals surface area (Å²) < 4.78 is 26.7. The van der Waals surface area contributed by atoms with Crippen molar-refractivity contribution in [1.82, 2.24) is 4.90 Å². The number of nitro groups is 1. The number of hydrogen-bond acceptors (Lipinski definition) is 12. The lowest BCUT2D eigenvalue weighted by atomic mass is 9.55. The van der Waals surface area contributed by atoms with Crippen LogP contribution >= 0.6 is 11.8 Å². The minimum Gasteiger partial charge on any atom is -0.459 e. The first-order valence-corrected chi connectivity index (χ1v) is 23.2. The largest absolute Gasteiger partial charge is 0.459 e. The Labute approximate surface area is 374 Å². The third-order valence-corrected chi connectivity index (χ3v) is 12.9. The van der Waals surface area contributed by atoms with Crippen LogP contribution in [0.1, 0.15) is 81.8 Å². The predicted octanol–water partition coefficient (Wildman–Crippen LogP) is 10.4. The van der Waals surface area contributed by atoms with E-state index in [0.717, 1.165) is 41.7 Å². The average molecular weight is 884 g/mol. The summed E-state index contributed by atoms with van der Waals surface area (Å²) in [6, 6.07) is 19.3. The third-order valence-electron chi connectivity index (χ3n) is 12.1. The van der Waals surface area contributed by atoms with Crippen molar-refractivity contribution in [2.24, 2.45) is 22.9 Å². The van der Waals surface area contributed by atoms with Gasteiger partial charge in [-0.3, -0.25) is 15.0 Å². The van der Waals surface area contributed by atoms with Crippen LogP contribution in [0.25, 0.3) is 0 Å². The molecule has 3 aliphatic rings. The van der Waals surface area contributed by atoms with Crippen LogP contribution in [0.2, 0.25) is 0 Å². The molecule has 3 aromatic rings. The van der Waals surface area contributed by atoms with E-state index in [1.807, 2.05) is 49.6 Å². The summed E-state index contributed by atoms with van der Waals surface area (Å²) in [5, 5.41) is 36.1. The van der Waals surface area contributed by atoms with Crippen molar-refractivity contribution >= 4 is 29.3 Å². The highest BCUT2D eigenvalue weighted by atomic mass is 32.2. The maximum atomic E-state index is 14.3. The van der Waals surface area contributed by atoms with E-state index in [1.54, 1.807) is 40.9 Å². The molecule has 6 unspecified atom stereocenters. The number of amides is 1. The number of carbonyl (C=O) groups excluding carboxylic acids is 1. The lowest BCUT2D eigenvalue weighted by Gasteiger charge is -2.59. The van der Waals surface area contributed by atoms with Gasteiger partial charge in [-0.1, -0.05) is 43.1 Å². The Balaban J connectivity index is 1.55. The van der Waals surface area contributed by atoms with Gasteiger partial charge >= 0.3 is 6.09 Å². The van der Waals surface area contributed by atoms with Gasteiger partial charge in [0.15, 0.2) is 0 Å². The molecule has 0 saturated heterocycles. The Morgan fingerprint density at radius 2 is 1.75 bits per heavy atom. The minimum absolute atomic E-state index is 0.0223. The first-order valence-electron chi connectivity index (χ1n) is 22.0. The maximum Gasteiger partial charge on any atom is 0.410 e. The van der Waals surface area contributed by atoms with Gasteiger partial charge in [-0.05, 0) is 122 Å². The molecule has 6 rings (SSSR count). The second-order valence-electron chi connectivity index (χ2n) is 16.1.